The molecule has 1 aromatic rings. The molecule has 2 unspecified atom stereocenters. The van der Waals surface area contributed by atoms with Crippen LogP contribution in [0.2, 0.25) is 0 Å². The highest BCUT2D eigenvalue weighted by Crippen LogP contribution is 2.34. The third-order valence-corrected chi connectivity index (χ3v) is 4.39. The van der Waals surface area contributed by atoms with Crippen molar-refractivity contribution in [3.8, 4) is 0 Å². The Balaban J connectivity index is 2.03. The van der Waals surface area contributed by atoms with Gasteiger partial charge in [0.05, 0.1) is 29.0 Å². The predicted octanol–water partition coefficient (Wildman–Crippen LogP) is 3.21. The zero-order valence-corrected chi connectivity index (χ0v) is 10.6. The molecule has 1 aliphatic heterocycles. The summed E-state index contributed by atoms with van der Waals surface area (Å²) in [6.45, 7) is 1.90. The second kappa shape index (κ2) is 4.94. The summed E-state index contributed by atoms with van der Waals surface area (Å²) < 4.78 is 11.9. The molecule has 2 nitrogen and oxygen atoms in total. The van der Waals surface area contributed by atoms with E-state index in [-0.39, 0.29) is 11.5 Å². The van der Waals surface area contributed by atoms with E-state index in [2.05, 4.69) is 15.9 Å². The maximum absolute atomic E-state index is 6.28. The van der Waals surface area contributed by atoms with Gasteiger partial charge in [0, 0.05) is 4.88 Å². The molecule has 2 atom stereocenters. The lowest BCUT2D eigenvalue weighted by Gasteiger charge is -2.26. The van der Waals surface area contributed by atoms with Crippen molar-refractivity contribution >= 4 is 38.9 Å². The van der Waals surface area contributed by atoms with Crippen molar-refractivity contribution in [2.24, 2.45) is 0 Å². The molecule has 0 saturated carbocycles. The average Bonchev–Trinajstić information content (AvgIpc) is 2.65. The third kappa shape index (κ3) is 2.49. The van der Waals surface area contributed by atoms with E-state index in [9.17, 15) is 0 Å². The van der Waals surface area contributed by atoms with Crippen LogP contribution in [0.25, 0.3) is 0 Å². The van der Waals surface area contributed by atoms with Crippen LogP contribution < -0.4 is 0 Å². The van der Waals surface area contributed by atoms with Gasteiger partial charge in [-0.2, -0.15) is 0 Å². The van der Waals surface area contributed by atoms with Crippen molar-refractivity contribution in [3.63, 3.8) is 0 Å². The molecular formula is C9H10BrClO2S. The summed E-state index contributed by atoms with van der Waals surface area (Å²) in [5, 5.41) is -0.105. The van der Waals surface area contributed by atoms with Gasteiger partial charge in [0.15, 0.2) is 0 Å². The number of hydrogen-bond donors (Lipinski definition) is 0. The van der Waals surface area contributed by atoms with E-state index in [1.807, 2.05) is 12.1 Å². The fourth-order valence-corrected chi connectivity index (χ4v) is 3.14. The average molecular weight is 298 g/mol. The van der Waals surface area contributed by atoms with Crippen LogP contribution in [0, 0.1) is 0 Å². The number of thiophene rings is 1. The molecule has 1 aliphatic rings. The molecule has 0 aromatic carbocycles. The van der Waals surface area contributed by atoms with Crippen molar-refractivity contribution in [1.82, 2.24) is 0 Å². The van der Waals surface area contributed by atoms with Crippen molar-refractivity contribution in [1.29, 1.82) is 0 Å². The molecule has 2 rings (SSSR count). The van der Waals surface area contributed by atoms with Crippen LogP contribution in [0.15, 0.2) is 15.9 Å². The Labute approximate surface area is 100 Å². The van der Waals surface area contributed by atoms with E-state index in [4.69, 9.17) is 21.1 Å². The topological polar surface area (TPSA) is 18.5 Å². The summed E-state index contributed by atoms with van der Waals surface area (Å²) in [6, 6.07) is 4.02. The molecule has 1 aromatic heterocycles. The zero-order valence-electron chi connectivity index (χ0n) is 7.41. The molecule has 0 N–H and O–H groups in total. The fraction of sp³-hybridized carbons (Fsp3) is 0.556. The van der Waals surface area contributed by atoms with Gasteiger partial charge in [0.1, 0.15) is 6.10 Å². The lowest BCUT2D eigenvalue weighted by atomic mass is 10.2. The molecule has 78 valence electrons. The second-order valence-corrected chi connectivity index (χ2v) is 5.99. The van der Waals surface area contributed by atoms with Gasteiger partial charge in [0.25, 0.3) is 0 Å². The normalized spacial score (nSPS) is 24.9. The van der Waals surface area contributed by atoms with Crippen LogP contribution in [-0.2, 0) is 9.47 Å². The number of rotatable bonds is 2. The van der Waals surface area contributed by atoms with Crippen molar-refractivity contribution in [2.45, 2.75) is 11.5 Å². The fourth-order valence-electron chi connectivity index (χ4n) is 1.33. The summed E-state index contributed by atoms with van der Waals surface area (Å²) in [5.74, 6) is 0. The van der Waals surface area contributed by atoms with Crippen LogP contribution in [0.4, 0.5) is 0 Å². The molecular weight excluding hydrogens is 288 g/mol. The van der Waals surface area contributed by atoms with E-state index in [0.717, 1.165) is 8.66 Å². The molecule has 1 fully saturated rings. The Morgan fingerprint density at radius 3 is 2.93 bits per heavy atom. The molecule has 0 bridgehead atoms. The quantitative estimate of drug-likeness (QED) is 0.781. The Kier molecular flexibility index (Phi) is 3.85. The smallest absolute Gasteiger partial charge is 0.102 e. The summed E-state index contributed by atoms with van der Waals surface area (Å²) in [7, 11) is 0. The van der Waals surface area contributed by atoms with Gasteiger partial charge in [-0.25, -0.2) is 0 Å². The lowest BCUT2D eigenvalue weighted by molar-refractivity contribution is -0.0889. The van der Waals surface area contributed by atoms with Crippen LogP contribution in [-0.4, -0.2) is 25.9 Å². The monoisotopic (exact) mass is 296 g/mol. The minimum absolute atomic E-state index is 0.0176. The van der Waals surface area contributed by atoms with E-state index < -0.39 is 0 Å². The van der Waals surface area contributed by atoms with E-state index in [0.29, 0.717) is 19.8 Å². The van der Waals surface area contributed by atoms with Crippen LogP contribution in [0.1, 0.15) is 10.3 Å². The number of hydrogen-bond acceptors (Lipinski definition) is 3. The Morgan fingerprint density at radius 1 is 1.50 bits per heavy atom. The molecule has 1 saturated heterocycles. The molecule has 0 radical (unpaired) electrons. The SMILES string of the molecule is ClC(c1ccc(Br)s1)C1COCCO1. The van der Waals surface area contributed by atoms with Gasteiger partial charge in [0.2, 0.25) is 0 Å². The first-order valence-electron chi connectivity index (χ1n) is 4.36. The lowest BCUT2D eigenvalue weighted by Crippen LogP contribution is -2.31. The largest absolute Gasteiger partial charge is 0.376 e. The number of alkyl halides is 1. The van der Waals surface area contributed by atoms with Gasteiger partial charge < -0.3 is 9.47 Å². The molecule has 0 amide bonds. The molecule has 5 heteroatoms. The Bertz CT molecular complexity index is 299. The van der Waals surface area contributed by atoms with Gasteiger partial charge in [-0.3, -0.25) is 0 Å². The molecule has 0 aliphatic carbocycles. The summed E-state index contributed by atoms with van der Waals surface area (Å²) >= 11 is 11.3. The number of ether oxygens (including phenoxy) is 2. The minimum atomic E-state index is -0.105. The highest BCUT2D eigenvalue weighted by molar-refractivity contribution is 9.11. The first-order valence-corrected chi connectivity index (χ1v) is 6.40. The van der Waals surface area contributed by atoms with E-state index in [1.165, 1.54) is 0 Å². The first-order chi connectivity index (χ1) is 6.77. The van der Waals surface area contributed by atoms with E-state index in [1.54, 1.807) is 11.3 Å². The molecule has 2 heterocycles. The number of halogens is 2. The summed E-state index contributed by atoms with van der Waals surface area (Å²) in [6.07, 6.45) is -0.0176. The summed E-state index contributed by atoms with van der Waals surface area (Å²) in [4.78, 5) is 1.12. The zero-order chi connectivity index (χ0) is 9.97. The predicted molar refractivity (Wildman–Crippen MR) is 61.2 cm³/mol. The maximum atomic E-state index is 6.28. The Morgan fingerprint density at radius 2 is 2.36 bits per heavy atom. The van der Waals surface area contributed by atoms with Crippen molar-refractivity contribution < 1.29 is 9.47 Å². The van der Waals surface area contributed by atoms with Crippen molar-refractivity contribution in [2.75, 3.05) is 19.8 Å². The summed E-state index contributed by atoms with van der Waals surface area (Å²) in [5.41, 5.74) is 0. The standard InChI is InChI=1S/C9H10BrClO2S/c10-8-2-1-7(14-8)9(11)6-5-12-3-4-13-6/h1-2,6,9H,3-5H2. The Hall–Kier alpha value is 0.390. The molecule has 14 heavy (non-hydrogen) atoms. The van der Waals surface area contributed by atoms with Gasteiger partial charge in [-0.1, -0.05) is 0 Å². The maximum Gasteiger partial charge on any atom is 0.102 e. The van der Waals surface area contributed by atoms with Crippen LogP contribution >= 0.6 is 38.9 Å². The van der Waals surface area contributed by atoms with Crippen LogP contribution in [0.3, 0.4) is 0 Å². The van der Waals surface area contributed by atoms with Gasteiger partial charge in [-0.05, 0) is 28.1 Å². The molecule has 0 spiro atoms. The van der Waals surface area contributed by atoms with Gasteiger partial charge in [-0.15, -0.1) is 22.9 Å². The first kappa shape index (κ1) is 10.9. The van der Waals surface area contributed by atoms with Crippen LogP contribution in [0.5, 0.6) is 0 Å². The second-order valence-electron chi connectivity index (χ2n) is 3.03. The third-order valence-electron chi connectivity index (χ3n) is 2.03. The van der Waals surface area contributed by atoms with Crippen molar-refractivity contribution in [3.05, 3.63) is 20.8 Å². The van der Waals surface area contributed by atoms with Gasteiger partial charge >= 0.3 is 0 Å². The highest BCUT2D eigenvalue weighted by Gasteiger charge is 2.25. The minimum Gasteiger partial charge on any atom is -0.376 e. The highest BCUT2D eigenvalue weighted by atomic mass is 79.9. The van der Waals surface area contributed by atoms with E-state index >= 15 is 0 Å².